The van der Waals surface area contributed by atoms with Crippen LogP contribution in [0.15, 0.2) is 36.8 Å². The normalized spacial score (nSPS) is 15.6. The number of pyridine rings is 1. The second-order valence-corrected chi connectivity index (χ2v) is 9.16. The fourth-order valence-electron chi connectivity index (χ4n) is 5.07. The van der Waals surface area contributed by atoms with Gasteiger partial charge in [-0.15, -0.1) is 0 Å². The molecule has 1 unspecified atom stereocenters. The monoisotopic (exact) mass is 471 g/mol. The maximum absolute atomic E-state index is 14.5. The summed E-state index contributed by atoms with van der Waals surface area (Å²) < 4.78 is 17.9. The highest BCUT2D eigenvalue weighted by Gasteiger charge is 2.32. The summed E-state index contributed by atoms with van der Waals surface area (Å²) in [6.45, 7) is 8.25. The van der Waals surface area contributed by atoms with Crippen molar-refractivity contribution in [3.63, 3.8) is 0 Å². The molecule has 1 aliphatic heterocycles. The summed E-state index contributed by atoms with van der Waals surface area (Å²) in [4.78, 5) is 19.7. The Bertz CT molecular complexity index is 1470. The number of imidazole rings is 1. The zero-order valence-corrected chi connectivity index (χ0v) is 20.1. The number of rotatable bonds is 6. The van der Waals surface area contributed by atoms with Gasteiger partial charge in [0.15, 0.2) is 11.5 Å². The number of aromatic nitrogens is 4. The summed E-state index contributed by atoms with van der Waals surface area (Å²) in [7, 11) is 0. The van der Waals surface area contributed by atoms with Crippen molar-refractivity contribution in [1.82, 2.24) is 19.2 Å². The van der Waals surface area contributed by atoms with Crippen molar-refractivity contribution in [1.29, 1.82) is 5.26 Å². The van der Waals surface area contributed by atoms with Gasteiger partial charge in [0.25, 0.3) is 12.6 Å². The van der Waals surface area contributed by atoms with Crippen molar-refractivity contribution in [3.8, 4) is 5.97 Å². The molecule has 178 valence electrons. The molecule has 5 rings (SSSR count). The molecule has 4 heterocycles. The van der Waals surface area contributed by atoms with Crippen LogP contribution >= 0.6 is 0 Å². The minimum absolute atomic E-state index is 0.0518. The Labute approximate surface area is 203 Å². The van der Waals surface area contributed by atoms with E-state index in [2.05, 4.69) is 33.2 Å². The van der Waals surface area contributed by atoms with Crippen molar-refractivity contribution in [3.05, 3.63) is 53.9 Å². The lowest BCUT2D eigenvalue weighted by molar-refractivity contribution is 0.102. The van der Waals surface area contributed by atoms with E-state index < -0.39 is 5.82 Å². The summed E-state index contributed by atoms with van der Waals surface area (Å²) in [5.74, 6) is 1.93. The molecule has 0 saturated carbocycles. The van der Waals surface area contributed by atoms with Gasteiger partial charge in [0.2, 0.25) is 0 Å². The lowest BCUT2D eigenvalue weighted by atomic mass is 9.40. The first kappa shape index (κ1) is 22.9. The Morgan fingerprint density at radius 3 is 2.89 bits per heavy atom. The van der Waals surface area contributed by atoms with Crippen molar-refractivity contribution >= 4 is 40.5 Å². The van der Waals surface area contributed by atoms with Crippen molar-refractivity contribution in [2.45, 2.75) is 45.9 Å². The predicted molar refractivity (Wildman–Crippen MR) is 136 cm³/mol. The highest BCUT2D eigenvalue weighted by Crippen LogP contribution is 2.35. The predicted octanol–water partition coefficient (Wildman–Crippen LogP) is 4.56. The number of benzene rings is 1. The maximum Gasteiger partial charge on any atom is 0.272 e. The average molecular weight is 471 g/mol. The highest BCUT2D eigenvalue weighted by molar-refractivity contribution is 6.68. The molecule has 4 aromatic rings. The Hall–Kier alpha value is -3.87. The SMILES string of the molecule is CCB(C#N)C1CCN(c2ccc(C(=O)Nc3cc(F)c4nc(C)cn4c3)c3nn(CC)cc23)C1. The molecular formula is C25H27BFN7O. The molecule has 1 atom stereocenters. The van der Waals surface area contributed by atoms with Gasteiger partial charge in [-0.25, -0.2) is 14.6 Å². The number of aryl methyl sites for hydroxylation is 2. The molecule has 1 N–H and O–H groups in total. The van der Waals surface area contributed by atoms with E-state index in [9.17, 15) is 14.4 Å². The molecule has 0 aliphatic carbocycles. The Kier molecular flexibility index (Phi) is 5.93. The number of carbonyl (C=O) groups excluding carboxylic acids is 1. The van der Waals surface area contributed by atoms with Gasteiger partial charge in [0, 0.05) is 61.3 Å². The zero-order chi connectivity index (χ0) is 24.7. The van der Waals surface area contributed by atoms with Gasteiger partial charge in [0.05, 0.1) is 16.9 Å². The summed E-state index contributed by atoms with van der Waals surface area (Å²) in [6, 6.07) is 5.02. The average Bonchev–Trinajstić information content (AvgIpc) is 3.57. The smallest absolute Gasteiger partial charge is 0.272 e. The van der Waals surface area contributed by atoms with E-state index in [1.165, 1.54) is 6.07 Å². The fourth-order valence-corrected chi connectivity index (χ4v) is 5.07. The van der Waals surface area contributed by atoms with Crippen LogP contribution in [0.2, 0.25) is 12.1 Å². The van der Waals surface area contributed by atoms with E-state index >= 15 is 0 Å². The maximum atomic E-state index is 14.5. The summed E-state index contributed by atoms with van der Waals surface area (Å²) in [6.07, 6.45) is 7.15. The van der Waals surface area contributed by atoms with Crippen LogP contribution in [0.25, 0.3) is 16.6 Å². The first-order valence-electron chi connectivity index (χ1n) is 12.0. The van der Waals surface area contributed by atoms with Crippen LogP contribution < -0.4 is 10.2 Å². The number of anilines is 2. The molecule has 1 amide bonds. The third-order valence-electron chi connectivity index (χ3n) is 6.89. The summed E-state index contributed by atoms with van der Waals surface area (Å²) >= 11 is 0. The second-order valence-electron chi connectivity index (χ2n) is 9.16. The van der Waals surface area contributed by atoms with E-state index in [1.54, 1.807) is 29.8 Å². The van der Waals surface area contributed by atoms with Gasteiger partial charge >= 0.3 is 0 Å². The van der Waals surface area contributed by atoms with Crippen LogP contribution in [-0.2, 0) is 6.54 Å². The van der Waals surface area contributed by atoms with E-state index in [0.29, 0.717) is 34.8 Å². The molecular weight excluding hydrogens is 444 g/mol. The molecule has 8 nitrogen and oxygen atoms in total. The second kappa shape index (κ2) is 9.06. The van der Waals surface area contributed by atoms with Crippen molar-refractivity contribution < 1.29 is 9.18 Å². The number of nitriles is 1. The van der Waals surface area contributed by atoms with Gasteiger partial charge in [-0.2, -0.15) is 5.10 Å². The minimum Gasteiger partial charge on any atom is -0.371 e. The van der Waals surface area contributed by atoms with Crippen LogP contribution in [-0.4, -0.2) is 44.9 Å². The number of amides is 1. The number of carbonyl (C=O) groups is 1. The van der Waals surface area contributed by atoms with Gasteiger partial charge in [-0.1, -0.05) is 13.2 Å². The fraction of sp³-hybridized carbons (Fsp3) is 0.360. The molecule has 1 saturated heterocycles. The largest absolute Gasteiger partial charge is 0.371 e. The number of hydrogen-bond acceptors (Lipinski definition) is 5. The van der Waals surface area contributed by atoms with Crippen LogP contribution in [0.3, 0.4) is 0 Å². The number of nitrogens with one attached hydrogen (secondary N) is 1. The lowest BCUT2D eigenvalue weighted by Gasteiger charge is -2.21. The van der Waals surface area contributed by atoms with Crippen molar-refractivity contribution in [2.75, 3.05) is 23.3 Å². The minimum atomic E-state index is -0.502. The van der Waals surface area contributed by atoms with Crippen LogP contribution in [0.1, 0.15) is 36.3 Å². The standard InChI is InChI=1S/C25H27BFN7O/c1-4-26(15-28)17-8-9-32(12-17)22-7-6-19(23-20(22)14-34(5-2)31-23)25(35)30-18-10-21(27)24-29-16(3)11-33(24)13-18/h6-7,10-11,13-14,17H,4-5,8-9,12H2,1-3H3,(H,30,35). The van der Waals surface area contributed by atoms with Crippen LogP contribution in [0, 0.1) is 24.0 Å². The van der Waals surface area contributed by atoms with E-state index in [0.717, 1.165) is 36.9 Å². The third-order valence-corrected chi connectivity index (χ3v) is 6.89. The highest BCUT2D eigenvalue weighted by atomic mass is 19.1. The lowest BCUT2D eigenvalue weighted by Crippen LogP contribution is -2.24. The van der Waals surface area contributed by atoms with Crippen LogP contribution in [0.4, 0.5) is 15.8 Å². The third kappa shape index (κ3) is 4.12. The molecule has 3 aromatic heterocycles. The first-order valence-corrected chi connectivity index (χ1v) is 12.0. The van der Waals surface area contributed by atoms with Gasteiger partial charge in [-0.05, 0) is 38.2 Å². The van der Waals surface area contributed by atoms with Crippen LogP contribution in [0.5, 0.6) is 0 Å². The molecule has 0 spiro atoms. The van der Waals surface area contributed by atoms with E-state index in [4.69, 9.17) is 0 Å². The zero-order valence-electron chi connectivity index (χ0n) is 20.1. The van der Waals surface area contributed by atoms with Gasteiger partial charge in [-0.3, -0.25) is 9.48 Å². The molecule has 1 fully saturated rings. The number of nitrogens with zero attached hydrogens (tertiary/aromatic N) is 6. The summed E-state index contributed by atoms with van der Waals surface area (Å²) in [5.41, 5.74) is 3.32. The molecule has 0 bridgehead atoms. The molecule has 10 heteroatoms. The quantitative estimate of drug-likeness (QED) is 0.417. The van der Waals surface area contributed by atoms with Gasteiger partial charge in [0.1, 0.15) is 5.52 Å². The van der Waals surface area contributed by atoms with Gasteiger partial charge < -0.3 is 14.6 Å². The topological polar surface area (TPSA) is 91.2 Å². The summed E-state index contributed by atoms with van der Waals surface area (Å²) in [5, 5.41) is 17.9. The Morgan fingerprint density at radius 1 is 1.31 bits per heavy atom. The first-order chi connectivity index (χ1) is 16.9. The van der Waals surface area contributed by atoms with Crippen molar-refractivity contribution in [2.24, 2.45) is 0 Å². The molecule has 0 radical (unpaired) electrons. The number of halogens is 1. The van der Waals surface area contributed by atoms with E-state index in [-0.39, 0.29) is 18.3 Å². The Morgan fingerprint density at radius 2 is 2.14 bits per heavy atom. The van der Waals surface area contributed by atoms with E-state index in [1.807, 2.05) is 23.9 Å². The number of hydrogen-bond donors (Lipinski definition) is 1. The molecule has 35 heavy (non-hydrogen) atoms. The molecule has 1 aliphatic rings. The molecule has 1 aromatic carbocycles. The number of fused-ring (bicyclic) bond motifs is 2. The Balaban J connectivity index is 1.47.